The minimum Gasteiger partial charge on any atom is -0.468 e. The van der Waals surface area contributed by atoms with Gasteiger partial charge in [0.05, 0.1) is 13.4 Å². The summed E-state index contributed by atoms with van der Waals surface area (Å²) in [5.41, 5.74) is 0.901. The number of Topliss-reactive ketones (excluding diaryl/α,β-unsaturated/α-hetero) is 1. The highest BCUT2D eigenvalue weighted by molar-refractivity contribution is 6.07. The molecule has 1 heterocycles. The van der Waals surface area contributed by atoms with Crippen molar-refractivity contribution in [3.63, 3.8) is 0 Å². The highest BCUT2D eigenvalue weighted by atomic mass is 16.5. The third-order valence-corrected chi connectivity index (χ3v) is 2.85. The Bertz CT molecular complexity index is 543. The lowest BCUT2D eigenvalue weighted by molar-refractivity contribution is -0.143. The van der Waals surface area contributed by atoms with E-state index in [-0.39, 0.29) is 11.5 Å². The monoisotopic (exact) mass is 258 g/mol. The molecule has 0 unspecified atom stereocenters. The molecule has 0 radical (unpaired) electrons. The molecule has 2 aromatic rings. The van der Waals surface area contributed by atoms with Gasteiger partial charge in [0.1, 0.15) is 5.92 Å². The summed E-state index contributed by atoms with van der Waals surface area (Å²) in [4.78, 5) is 24.0. The molecule has 0 saturated carbocycles. The Morgan fingerprint density at radius 3 is 2.47 bits per heavy atom. The SMILES string of the molecule is COC(=O)[C@H](Cc1ccccc1)C(=O)c1ccco1. The van der Waals surface area contributed by atoms with Gasteiger partial charge in [0, 0.05) is 0 Å². The van der Waals surface area contributed by atoms with E-state index in [1.54, 1.807) is 12.1 Å². The molecule has 1 atom stereocenters. The zero-order chi connectivity index (χ0) is 13.7. The second-order valence-corrected chi connectivity index (χ2v) is 4.11. The van der Waals surface area contributed by atoms with Gasteiger partial charge in [-0.1, -0.05) is 30.3 Å². The predicted octanol–water partition coefficient (Wildman–Crippen LogP) is 2.49. The fraction of sp³-hybridized carbons (Fsp3) is 0.200. The van der Waals surface area contributed by atoms with Gasteiger partial charge in [0.2, 0.25) is 5.78 Å². The van der Waals surface area contributed by atoms with Crippen molar-refractivity contribution in [1.82, 2.24) is 0 Å². The Kier molecular flexibility index (Phi) is 4.13. The Morgan fingerprint density at radius 1 is 1.16 bits per heavy atom. The molecule has 19 heavy (non-hydrogen) atoms. The van der Waals surface area contributed by atoms with E-state index in [9.17, 15) is 9.59 Å². The summed E-state index contributed by atoms with van der Waals surface area (Å²) in [5, 5.41) is 0. The van der Waals surface area contributed by atoms with Gasteiger partial charge in [-0.05, 0) is 24.1 Å². The molecule has 1 aromatic carbocycles. The summed E-state index contributed by atoms with van der Waals surface area (Å²) >= 11 is 0. The van der Waals surface area contributed by atoms with Crippen LogP contribution in [0.3, 0.4) is 0 Å². The summed E-state index contributed by atoms with van der Waals surface area (Å²) in [5.74, 6) is -1.61. The lowest BCUT2D eigenvalue weighted by Crippen LogP contribution is -2.27. The third-order valence-electron chi connectivity index (χ3n) is 2.85. The molecule has 0 amide bonds. The number of hydrogen-bond acceptors (Lipinski definition) is 4. The number of ketones is 1. The van der Waals surface area contributed by atoms with Crippen LogP contribution in [-0.4, -0.2) is 18.9 Å². The molecule has 4 heteroatoms. The molecule has 98 valence electrons. The number of benzene rings is 1. The van der Waals surface area contributed by atoms with Crippen LogP contribution in [0.4, 0.5) is 0 Å². The summed E-state index contributed by atoms with van der Waals surface area (Å²) in [7, 11) is 1.27. The fourth-order valence-corrected chi connectivity index (χ4v) is 1.87. The average molecular weight is 258 g/mol. The standard InChI is InChI=1S/C15H14O4/c1-18-15(17)12(10-11-6-3-2-4-7-11)14(16)13-8-5-9-19-13/h2-9,12H,10H2,1H3/t12-/m1/s1. The first-order chi connectivity index (χ1) is 9.22. The van der Waals surface area contributed by atoms with Crippen LogP contribution < -0.4 is 0 Å². The third kappa shape index (κ3) is 3.10. The number of methoxy groups -OCH3 is 1. The van der Waals surface area contributed by atoms with Crippen LogP contribution in [0.25, 0.3) is 0 Å². The van der Waals surface area contributed by atoms with Crippen LogP contribution in [0.1, 0.15) is 16.1 Å². The minimum absolute atomic E-state index is 0.173. The highest BCUT2D eigenvalue weighted by Gasteiger charge is 2.30. The quantitative estimate of drug-likeness (QED) is 0.469. The van der Waals surface area contributed by atoms with E-state index >= 15 is 0 Å². The summed E-state index contributed by atoms with van der Waals surface area (Å²) in [6.07, 6.45) is 1.71. The molecule has 1 aromatic heterocycles. The molecule has 4 nitrogen and oxygen atoms in total. The Balaban J connectivity index is 2.22. The maximum Gasteiger partial charge on any atom is 0.317 e. The normalized spacial score (nSPS) is 11.8. The van der Waals surface area contributed by atoms with Crippen LogP contribution in [0.2, 0.25) is 0 Å². The summed E-state index contributed by atoms with van der Waals surface area (Å²) in [6.45, 7) is 0. The number of rotatable bonds is 5. The molecule has 0 saturated heterocycles. The van der Waals surface area contributed by atoms with Crippen molar-refractivity contribution in [2.24, 2.45) is 5.92 Å². The molecule has 2 rings (SSSR count). The first-order valence-electron chi connectivity index (χ1n) is 5.92. The maximum atomic E-state index is 12.2. The summed E-state index contributed by atoms with van der Waals surface area (Å²) in [6, 6.07) is 12.5. The summed E-state index contributed by atoms with van der Waals surface area (Å²) < 4.78 is 9.75. The Morgan fingerprint density at radius 2 is 1.89 bits per heavy atom. The Labute approximate surface area is 111 Å². The van der Waals surface area contributed by atoms with Gasteiger partial charge in [-0.25, -0.2) is 0 Å². The second-order valence-electron chi connectivity index (χ2n) is 4.11. The van der Waals surface area contributed by atoms with E-state index in [0.29, 0.717) is 6.42 Å². The van der Waals surface area contributed by atoms with E-state index in [2.05, 4.69) is 0 Å². The lowest BCUT2D eigenvalue weighted by Gasteiger charge is -2.12. The first-order valence-corrected chi connectivity index (χ1v) is 5.92. The maximum absolute atomic E-state index is 12.2. The van der Waals surface area contributed by atoms with Crippen LogP contribution in [-0.2, 0) is 16.0 Å². The van der Waals surface area contributed by atoms with Gasteiger partial charge in [0.25, 0.3) is 0 Å². The molecule has 0 N–H and O–H groups in total. The molecule has 0 fully saturated rings. The van der Waals surface area contributed by atoms with Crippen molar-refractivity contribution in [2.45, 2.75) is 6.42 Å². The highest BCUT2D eigenvalue weighted by Crippen LogP contribution is 2.16. The van der Waals surface area contributed by atoms with Crippen molar-refractivity contribution in [1.29, 1.82) is 0 Å². The molecule has 0 aliphatic heterocycles. The van der Waals surface area contributed by atoms with Gasteiger partial charge in [-0.3, -0.25) is 9.59 Å². The average Bonchev–Trinajstić information content (AvgIpc) is 2.98. The minimum atomic E-state index is -0.876. The van der Waals surface area contributed by atoms with E-state index in [4.69, 9.17) is 9.15 Å². The second kappa shape index (κ2) is 6.00. The lowest BCUT2D eigenvalue weighted by atomic mass is 9.94. The van der Waals surface area contributed by atoms with Crippen LogP contribution in [0.15, 0.2) is 53.1 Å². The zero-order valence-electron chi connectivity index (χ0n) is 10.5. The molecule has 0 aliphatic rings. The van der Waals surface area contributed by atoms with Gasteiger partial charge in [-0.2, -0.15) is 0 Å². The van der Waals surface area contributed by atoms with Gasteiger partial charge < -0.3 is 9.15 Å². The van der Waals surface area contributed by atoms with E-state index in [0.717, 1.165) is 5.56 Å². The van der Waals surface area contributed by atoms with Crippen LogP contribution in [0, 0.1) is 5.92 Å². The number of ether oxygens (including phenoxy) is 1. The van der Waals surface area contributed by atoms with Crippen molar-refractivity contribution in [2.75, 3.05) is 7.11 Å². The van der Waals surface area contributed by atoms with Crippen molar-refractivity contribution in [3.05, 3.63) is 60.1 Å². The van der Waals surface area contributed by atoms with Crippen molar-refractivity contribution in [3.8, 4) is 0 Å². The topological polar surface area (TPSA) is 56.5 Å². The number of hydrogen-bond donors (Lipinski definition) is 0. The smallest absolute Gasteiger partial charge is 0.317 e. The zero-order valence-corrected chi connectivity index (χ0v) is 10.5. The number of furan rings is 1. The van der Waals surface area contributed by atoms with Crippen LogP contribution >= 0.6 is 0 Å². The van der Waals surface area contributed by atoms with E-state index in [1.165, 1.54) is 13.4 Å². The van der Waals surface area contributed by atoms with E-state index < -0.39 is 11.9 Å². The largest absolute Gasteiger partial charge is 0.468 e. The number of esters is 1. The molecule has 0 aliphatic carbocycles. The van der Waals surface area contributed by atoms with Crippen molar-refractivity contribution >= 4 is 11.8 Å². The molecule has 0 spiro atoms. The van der Waals surface area contributed by atoms with E-state index in [1.807, 2.05) is 30.3 Å². The Hall–Kier alpha value is -2.36. The van der Waals surface area contributed by atoms with Gasteiger partial charge in [0.15, 0.2) is 5.76 Å². The van der Waals surface area contributed by atoms with Gasteiger partial charge >= 0.3 is 5.97 Å². The molecule has 0 bridgehead atoms. The molecular formula is C15H14O4. The predicted molar refractivity (Wildman–Crippen MR) is 68.7 cm³/mol. The molecular weight excluding hydrogens is 244 g/mol. The van der Waals surface area contributed by atoms with Crippen molar-refractivity contribution < 1.29 is 18.7 Å². The number of carbonyl (C=O) groups is 2. The van der Waals surface area contributed by atoms with Crippen LogP contribution in [0.5, 0.6) is 0 Å². The first kappa shape index (κ1) is 13.1. The van der Waals surface area contributed by atoms with Gasteiger partial charge in [-0.15, -0.1) is 0 Å². The number of carbonyl (C=O) groups excluding carboxylic acids is 2. The fourth-order valence-electron chi connectivity index (χ4n) is 1.87.